The minimum Gasteiger partial charge on any atom is -0.489 e. The Hall–Kier alpha value is -1.67. The molecule has 2 heterocycles. The van der Waals surface area contributed by atoms with Gasteiger partial charge in [-0.1, -0.05) is 5.16 Å². The van der Waals surface area contributed by atoms with Crippen molar-refractivity contribution in [3.05, 3.63) is 22.2 Å². The number of rotatable bonds is 2. The van der Waals surface area contributed by atoms with E-state index in [2.05, 4.69) is 26.1 Å². The summed E-state index contributed by atoms with van der Waals surface area (Å²) in [5.74, 6) is 0.636. The van der Waals surface area contributed by atoms with Crippen molar-refractivity contribution in [2.24, 2.45) is 5.73 Å². The van der Waals surface area contributed by atoms with Crippen molar-refractivity contribution < 1.29 is 18.4 Å². The van der Waals surface area contributed by atoms with Crippen LogP contribution in [0, 0.1) is 5.82 Å². The van der Waals surface area contributed by atoms with Gasteiger partial charge in [-0.05, 0) is 22.0 Å². The maximum atomic E-state index is 14.4. The van der Waals surface area contributed by atoms with Crippen LogP contribution in [0.2, 0.25) is 0 Å². The van der Waals surface area contributed by atoms with Gasteiger partial charge in [-0.25, -0.2) is 4.39 Å². The highest BCUT2D eigenvalue weighted by Crippen LogP contribution is 2.42. The molecule has 20 heavy (non-hydrogen) atoms. The molecule has 2 N–H and O–H groups in total. The zero-order chi connectivity index (χ0) is 14.1. The number of nitrogens with two attached hydrogens (primary N) is 1. The first-order chi connectivity index (χ1) is 9.70. The summed E-state index contributed by atoms with van der Waals surface area (Å²) in [6, 6.07) is 1.51. The second-order valence-electron chi connectivity index (χ2n) is 4.15. The molecule has 0 saturated carbocycles. The molecule has 1 aliphatic heterocycles. The highest BCUT2D eigenvalue weighted by molar-refractivity contribution is 9.10. The van der Waals surface area contributed by atoms with E-state index in [1.165, 1.54) is 6.07 Å². The Morgan fingerprint density at radius 1 is 1.35 bits per heavy atom. The first-order valence-electron chi connectivity index (χ1n) is 6.01. The second kappa shape index (κ2) is 5.37. The molecule has 0 unspecified atom stereocenters. The molecule has 0 fully saturated rings. The van der Waals surface area contributed by atoms with E-state index < -0.39 is 5.82 Å². The van der Waals surface area contributed by atoms with Crippen LogP contribution in [0.5, 0.6) is 11.5 Å². The van der Waals surface area contributed by atoms with Crippen LogP contribution in [0.25, 0.3) is 11.4 Å². The molecule has 6 nitrogen and oxygen atoms in total. The van der Waals surface area contributed by atoms with E-state index >= 15 is 0 Å². The molecule has 0 radical (unpaired) electrons. The fourth-order valence-corrected chi connectivity index (χ4v) is 2.38. The quantitative estimate of drug-likeness (QED) is 0.900. The van der Waals surface area contributed by atoms with Crippen molar-refractivity contribution in [1.82, 2.24) is 10.1 Å². The van der Waals surface area contributed by atoms with Crippen LogP contribution in [0.3, 0.4) is 0 Å². The van der Waals surface area contributed by atoms with E-state index in [9.17, 15) is 4.39 Å². The normalized spacial score (nSPS) is 14.2. The van der Waals surface area contributed by atoms with Gasteiger partial charge in [0.1, 0.15) is 0 Å². The Balaban J connectivity index is 2.12. The fraction of sp³-hybridized carbons (Fsp3) is 0.333. The van der Waals surface area contributed by atoms with Crippen molar-refractivity contribution in [2.45, 2.75) is 13.0 Å². The zero-order valence-corrected chi connectivity index (χ0v) is 11.9. The van der Waals surface area contributed by atoms with Crippen LogP contribution in [-0.2, 0) is 6.54 Å². The molecule has 0 saturated heterocycles. The van der Waals surface area contributed by atoms with Crippen LogP contribution in [0.1, 0.15) is 12.3 Å². The largest absolute Gasteiger partial charge is 0.489 e. The molecule has 1 aliphatic rings. The average Bonchev–Trinajstić information content (AvgIpc) is 2.81. The summed E-state index contributed by atoms with van der Waals surface area (Å²) in [5, 5.41) is 3.71. The third-order valence-electron chi connectivity index (χ3n) is 2.80. The Labute approximate surface area is 122 Å². The minimum atomic E-state index is -0.529. The van der Waals surface area contributed by atoms with Crippen molar-refractivity contribution >= 4 is 15.9 Å². The van der Waals surface area contributed by atoms with Crippen molar-refractivity contribution in [1.29, 1.82) is 0 Å². The van der Waals surface area contributed by atoms with Crippen molar-refractivity contribution in [3.63, 3.8) is 0 Å². The monoisotopic (exact) mass is 343 g/mol. The number of ether oxygens (including phenoxy) is 2. The van der Waals surface area contributed by atoms with Crippen LogP contribution >= 0.6 is 15.9 Å². The number of benzene rings is 1. The van der Waals surface area contributed by atoms with Gasteiger partial charge in [-0.2, -0.15) is 4.98 Å². The minimum absolute atomic E-state index is 0.0976. The summed E-state index contributed by atoms with van der Waals surface area (Å²) < 4.78 is 30.5. The Kier molecular flexibility index (Phi) is 3.58. The second-order valence-corrected chi connectivity index (χ2v) is 4.94. The van der Waals surface area contributed by atoms with E-state index in [0.717, 1.165) is 6.42 Å². The van der Waals surface area contributed by atoms with Gasteiger partial charge in [0.05, 0.1) is 29.8 Å². The van der Waals surface area contributed by atoms with Crippen molar-refractivity contribution in [3.8, 4) is 22.9 Å². The van der Waals surface area contributed by atoms with Gasteiger partial charge in [-0.3, -0.25) is 0 Å². The molecule has 0 aliphatic carbocycles. The topological polar surface area (TPSA) is 83.4 Å². The highest BCUT2D eigenvalue weighted by atomic mass is 79.9. The maximum absolute atomic E-state index is 14.4. The van der Waals surface area contributed by atoms with E-state index in [-0.39, 0.29) is 28.3 Å². The average molecular weight is 344 g/mol. The Morgan fingerprint density at radius 3 is 2.90 bits per heavy atom. The molecular weight excluding hydrogens is 333 g/mol. The van der Waals surface area contributed by atoms with E-state index in [1.54, 1.807) is 0 Å². The number of hydrogen-bond donors (Lipinski definition) is 1. The Bertz CT molecular complexity index is 647. The lowest BCUT2D eigenvalue weighted by atomic mass is 10.1. The molecule has 106 valence electrons. The number of nitrogens with zero attached hydrogens (tertiary/aromatic N) is 2. The third-order valence-corrected chi connectivity index (χ3v) is 3.51. The standard InChI is InChI=1S/C12H11BrFN3O3/c13-9-10(14)6(12-16-8(5-15)20-17-12)4-7-11(9)19-3-1-2-18-7/h4H,1-3,5,15H2. The molecule has 0 bridgehead atoms. The van der Waals surface area contributed by atoms with Gasteiger partial charge in [0, 0.05) is 6.42 Å². The number of hydrogen-bond acceptors (Lipinski definition) is 6. The van der Waals surface area contributed by atoms with E-state index in [0.29, 0.717) is 24.7 Å². The predicted octanol–water partition coefficient (Wildman–Crippen LogP) is 2.26. The lowest BCUT2D eigenvalue weighted by Gasteiger charge is -2.11. The van der Waals surface area contributed by atoms with Crippen LogP contribution in [-0.4, -0.2) is 23.4 Å². The van der Waals surface area contributed by atoms with Gasteiger partial charge in [-0.15, -0.1) is 0 Å². The smallest absolute Gasteiger partial charge is 0.240 e. The molecule has 3 rings (SSSR count). The molecule has 2 aromatic rings. The number of fused-ring (bicyclic) bond motifs is 1. The fourth-order valence-electron chi connectivity index (χ4n) is 1.85. The molecular formula is C12H11BrFN3O3. The summed E-state index contributed by atoms with van der Waals surface area (Å²) in [6.07, 6.45) is 0.734. The summed E-state index contributed by atoms with van der Waals surface area (Å²) in [5.41, 5.74) is 5.57. The van der Waals surface area contributed by atoms with Gasteiger partial charge in [0.25, 0.3) is 0 Å². The maximum Gasteiger partial charge on any atom is 0.240 e. The van der Waals surface area contributed by atoms with Crippen LogP contribution < -0.4 is 15.2 Å². The van der Waals surface area contributed by atoms with Gasteiger partial charge in [0.2, 0.25) is 11.7 Å². The zero-order valence-electron chi connectivity index (χ0n) is 10.4. The predicted molar refractivity (Wildman–Crippen MR) is 70.9 cm³/mol. The van der Waals surface area contributed by atoms with Gasteiger partial charge < -0.3 is 19.7 Å². The molecule has 8 heteroatoms. The number of halogens is 2. The summed E-state index contributed by atoms with van der Waals surface area (Å²) in [4.78, 5) is 4.01. The van der Waals surface area contributed by atoms with Crippen LogP contribution in [0.4, 0.5) is 4.39 Å². The summed E-state index contributed by atoms with van der Waals surface area (Å²) >= 11 is 3.18. The molecule has 1 aromatic heterocycles. The molecule has 1 aromatic carbocycles. The number of aromatic nitrogens is 2. The van der Waals surface area contributed by atoms with Crippen LogP contribution in [0.15, 0.2) is 15.1 Å². The van der Waals surface area contributed by atoms with E-state index in [4.69, 9.17) is 19.7 Å². The summed E-state index contributed by atoms with van der Waals surface area (Å²) in [6.45, 7) is 1.08. The first kappa shape index (κ1) is 13.3. The van der Waals surface area contributed by atoms with E-state index in [1.807, 2.05) is 0 Å². The first-order valence-corrected chi connectivity index (χ1v) is 6.80. The molecule has 0 atom stereocenters. The lowest BCUT2D eigenvalue weighted by molar-refractivity contribution is 0.296. The highest BCUT2D eigenvalue weighted by Gasteiger charge is 2.24. The third kappa shape index (κ3) is 2.25. The molecule has 0 spiro atoms. The van der Waals surface area contributed by atoms with Gasteiger partial charge >= 0.3 is 0 Å². The van der Waals surface area contributed by atoms with Crippen molar-refractivity contribution in [2.75, 3.05) is 13.2 Å². The lowest BCUT2D eigenvalue weighted by Crippen LogP contribution is -1.98. The molecule has 0 amide bonds. The van der Waals surface area contributed by atoms with Gasteiger partial charge in [0.15, 0.2) is 17.3 Å². The SMILES string of the molecule is NCc1nc(-c2cc3c(c(Br)c2F)OCCCO3)no1. The Morgan fingerprint density at radius 2 is 2.15 bits per heavy atom. The summed E-state index contributed by atoms with van der Waals surface area (Å²) in [7, 11) is 0.